The number of benzene rings is 2. The number of halogens is 2. The second-order valence-electron chi connectivity index (χ2n) is 5.25. The minimum Gasteiger partial charge on any atom is -0.348 e. The molecular weight excluding hydrogens is 310 g/mol. The van der Waals surface area contributed by atoms with Crippen molar-refractivity contribution in [1.82, 2.24) is 10.3 Å². The molecule has 3 aromatic rings. The fourth-order valence-electron chi connectivity index (χ4n) is 2.23. The Balaban J connectivity index is 1.66. The molecule has 0 saturated carbocycles. The Bertz CT molecular complexity index is 846. The average molecular weight is 324 g/mol. The zero-order valence-corrected chi connectivity index (χ0v) is 12.7. The number of rotatable bonds is 4. The molecule has 0 unspecified atom stereocenters. The van der Waals surface area contributed by atoms with Crippen LogP contribution in [0.4, 0.5) is 8.78 Å². The standard InChI is InChI=1S/C19H14F2N2O/c20-16-7-4-13(5-8-16)11-23-19(24)15-6-9-18(22-12-15)14-2-1-3-17(21)10-14/h1-10,12H,11H2,(H,23,24). The van der Waals surface area contributed by atoms with Crippen molar-refractivity contribution in [1.29, 1.82) is 0 Å². The zero-order chi connectivity index (χ0) is 16.9. The molecule has 1 N–H and O–H groups in total. The van der Waals surface area contributed by atoms with E-state index in [0.717, 1.165) is 5.56 Å². The van der Waals surface area contributed by atoms with Gasteiger partial charge in [0.15, 0.2) is 0 Å². The van der Waals surface area contributed by atoms with Crippen molar-refractivity contribution in [3.05, 3.63) is 89.6 Å². The Kier molecular flexibility index (Phi) is 4.61. The van der Waals surface area contributed by atoms with E-state index in [-0.39, 0.29) is 17.5 Å². The van der Waals surface area contributed by atoms with Crippen LogP contribution in [0, 0.1) is 11.6 Å². The zero-order valence-electron chi connectivity index (χ0n) is 12.7. The van der Waals surface area contributed by atoms with E-state index in [1.165, 1.54) is 30.5 Å². The summed E-state index contributed by atoms with van der Waals surface area (Å²) >= 11 is 0. The van der Waals surface area contributed by atoms with E-state index in [1.54, 1.807) is 36.4 Å². The van der Waals surface area contributed by atoms with Crippen molar-refractivity contribution in [2.75, 3.05) is 0 Å². The first kappa shape index (κ1) is 15.8. The van der Waals surface area contributed by atoms with E-state index in [2.05, 4.69) is 10.3 Å². The number of pyridine rings is 1. The molecule has 120 valence electrons. The number of amides is 1. The third-order valence-electron chi connectivity index (χ3n) is 3.51. The molecule has 1 amide bonds. The number of hydrogen-bond donors (Lipinski definition) is 1. The first-order chi connectivity index (χ1) is 11.6. The van der Waals surface area contributed by atoms with Crippen LogP contribution in [-0.4, -0.2) is 10.9 Å². The molecule has 2 aromatic carbocycles. The monoisotopic (exact) mass is 324 g/mol. The van der Waals surface area contributed by atoms with Gasteiger partial charge in [-0.05, 0) is 42.0 Å². The Labute approximate surface area is 138 Å². The molecule has 0 spiro atoms. The van der Waals surface area contributed by atoms with Crippen molar-refractivity contribution in [3.63, 3.8) is 0 Å². The summed E-state index contributed by atoms with van der Waals surface area (Å²) in [6.45, 7) is 0.296. The van der Waals surface area contributed by atoms with Crippen LogP contribution < -0.4 is 5.32 Å². The van der Waals surface area contributed by atoms with Crippen LogP contribution in [0.5, 0.6) is 0 Å². The smallest absolute Gasteiger partial charge is 0.253 e. The van der Waals surface area contributed by atoms with Crippen molar-refractivity contribution < 1.29 is 13.6 Å². The third kappa shape index (κ3) is 3.81. The molecule has 3 rings (SSSR count). The quantitative estimate of drug-likeness (QED) is 0.789. The lowest BCUT2D eigenvalue weighted by molar-refractivity contribution is 0.0950. The van der Waals surface area contributed by atoms with Gasteiger partial charge in [-0.1, -0.05) is 24.3 Å². The van der Waals surface area contributed by atoms with Gasteiger partial charge in [0.25, 0.3) is 5.91 Å². The van der Waals surface area contributed by atoms with Crippen LogP contribution in [0.2, 0.25) is 0 Å². The van der Waals surface area contributed by atoms with Crippen LogP contribution >= 0.6 is 0 Å². The van der Waals surface area contributed by atoms with Gasteiger partial charge >= 0.3 is 0 Å². The minimum absolute atomic E-state index is 0.280. The summed E-state index contributed by atoms with van der Waals surface area (Å²) < 4.78 is 26.1. The first-order valence-corrected chi connectivity index (χ1v) is 7.36. The largest absolute Gasteiger partial charge is 0.348 e. The highest BCUT2D eigenvalue weighted by Gasteiger charge is 2.07. The summed E-state index contributed by atoms with van der Waals surface area (Å²) in [6.07, 6.45) is 1.44. The molecule has 1 aromatic heterocycles. The molecule has 0 radical (unpaired) electrons. The number of hydrogen-bond acceptors (Lipinski definition) is 2. The van der Waals surface area contributed by atoms with Gasteiger partial charge in [-0.25, -0.2) is 8.78 Å². The molecule has 0 saturated heterocycles. The lowest BCUT2D eigenvalue weighted by atomic mass is 10.1. The number of nitrogens with zero attached hydrogens (tertiary/aromatic N) is 1. The Morgan fingerprint density at radius 3 is 2.42 bits per heavy atom. The summed E-state index contributed by atoms with van der Waals surface area (Å²) in [5, 5.41) is 2.74. The maximum absolute atomic E-state index is 13.2. The van der Waals surface area contributed by atoms with E-state index in [4.69, 9.17) is 0 Å². The minimum atomic E-state index is -0.338. The number of nitrogens with one attached hydrogen (secondary N) is 1. The van der Waals surface area contributed by atoms with Crippen LogP contribution in [0.15, 0.2) is 66.9 Å². The van der Waals surface area contributed by atoms with Crippen molar-refractivity contribution in [3.8, 4) is 11.3 Å². The second-order valence-corrected chi connectivity index (χ2v) is 5.25. The van der Waals surface area contributed by atoms with Crippen molar-refractivity contribution in [2.24, 2.45) is 0 Å². The molecule has 1 heterocycles. The summed E-state index contributed by atoms with van der Waals surface area (Å²) in [4.78, 5) is 16.3. The molecule has 0 aliphatic rings. The normalized spacial score (nSPS) is 10.4. The summed E-state index contributed by atoms with van der Waals surface area (Å²) in [5.74, 6) is -0.935. The molecule has 5 heteroatoms. The van der Waals surface area contributed by atoms with Crippen LogP contribution in [0.3, 0.4) is 0 Å². The fraction of sp³-hybridized carbons (Fsp3) is 0.0526. The lowest BCUT2D eigenvalue weighted by Crippen LogP contribution is -2.22. The fourth-order valence-corrected chi connectivity index (χ4v) is 2.23. The molecule has 3 nitrogen and oxygen atoms in total. The highest BCUT2D eigenvalue weighted by atomic mass is 19.1. The molecule has 0 aliphatic heterocycles. The topological polar surface area (TPSA) is 42.0 Å². The van der Waals surface area contributed by atoms with Gasteiger partial charge in [0.2, 0.25) is 0 Å². The van der Waals surface area contributed by atoms with Gasteiger partial charge in [-0.15, -0.1) is 0 Å². The number of aromatic nitrogens is 1. The lowest BCUT2D eigenvalue weighted by Gasteiger charge is -2.06. The number of carbonyl (C=O) groups excluding carboxylic acids is 1. The molecule has 0 atom stereocenters. The van der Waals surface area contributed by atoms with Gasteiger partial charge in [0.05, 0.1) is 11.3 Å². The van der Waals surface area contributed by atoms with Gasteiger partial charge in [-0.2, -0.15) is 0 Å². The maximum atomic E-state index is 13.2. The van der Waals surface area contributed by atoms with Gasteiger partial charge < -0.3 is 5.32 Å². The number of carbonyl (C=O) groups is 1. The van der Waals surface area contributed by atoms with Crippen LogP contribution in [-0.2, 0) is 6.54 Å². The van der Waals surface area contributed by atoms with E-state index in [9.17, 15) is 13.6 Å². The third-order valence-corrected chi connectivity index (χ3v) is 3.51. The summed E-state index contributed by atoms with van der Waals surface area (Å²) in [6, 6.07) is 15.3. The maximum Gasteiger partial charge on any atom is 0.253 e. The molecule has 0 aliphatic carbocycles. The molecule has 0 fully saturated rings. The van der Waals surface area contributed by atoms with Crippen molar-refractivity contribution in [2.45, 2.75) is 6.54 Å². The van der Waals surface area contributed by atoms with E-state index in [0.29, 0.717) is 23.4 Å². The van der Waals surface area contributed by atoms with Gasteiger partial charge in [0, 0.05) is 18.3 Å². The predicted octanol–water partition coefficient (Wildman–Crippen LogP) is 3.96. The Morgan fingerprint density at radius 2 is 1.75 bits per heavy atom. The molecular formula is C19H14F2N2O. The second kappa shape index (κ2) is 7.00. The SMILES string of the molecule is O=C(NCc1ccc(F)cc1)c1ccc(-c2cccc(F)c2)nc1. The predicted molar refractivity (Wildman–Crippen MR) is 87.2 cm³/mol. The van der Waals surface area contributed by atoms with Crippen molar-refractivity contribution >= 4 is 5.91 Å². The van der Waals surface area contributed by atoms with E-state index < -0.39 is 0 Å². The van der Waals surface area contributed by atoms with E-state index >= 15 is 0 Å². The average Bonchev–Trinajstić information content (AvgIpc) is 2.61. The highest BCUT2D eigenvalue weighted by molar-refractivity contribution is 5.94. The molecule has 0 bridgehead atoms. The molecule has 24 heavy (non-hydrogen) atoms. The van der Waals surface area contributed by atoms with Gasteiger partial charge in [-0.3, -0.25) is 9.78 Å². The van der Waals surface area contributed by atoms with E-state index in [1.807, 2.05) is 0 Å². The Hall–Kier alpha value is -3.08. The van der Waals surface area contributed by atoms with Crippen LogP contribution in [0.25, 0.3) is 11.3 Å². The van der Waals surface area contributed by atoms with Crippen LogP contribution in [0.1, 0.15) is 15.9 Å². The van der Waals surface area contributed by atoms with Gasteiger partial charge in [0.1, 0.15) is 11.6 Å². The summed E-state index contributed by atoms with van der Waals surface area (Å²) in [5.41, 5.74) is 2.43. The Morgan fingerprint density at radius 1 is 0.958 bits per heavy atom. The highest BCUT2D eigenvalue weighted by Crippen LogP contribution is 2.18. The first-order valence-electron chi connectivity index (χ1n) is 7.36. The summed E-state index contributed by atoms with van der Waals surface area (Å²) in [7, 11) is 0.